The largest absolute Gasteiger partial charge is 0.374 e. The highest BCUT2D eigenvalue weighted by Gasteiger charge is 2.05. The van der Waals surface area contributed by atoms with Crippen molar-refractivity contribution in [3.63, 3.8) is 0 Å². The van der Waals surface area contributed by atoms with E-state index in [0.717, 1.165) is 13.1 Å². The molecular formula is C12H20N2S. The van der Waals surface area contributed by atoms with Gasteiger partial charge in [0.05, 0.1) is 0 Å². The monoisotopic (exact) mass is 224 g/mol. The fourth-order valence-electron chi connectivity index (χ4n) is 1.48. The molecule has 0 spiro atoms. The molecule has 15 heavy (non-hydrogen) atoms. The van der Waals surface area contributed by atoms with Gasteiger partial charge in [-0.3, -0.25) is 0 Å². The summed E-state index contributed by atoms with van der Waals surface area (Å²) < 4.78 is 0. The van der Waals surface area contributed by atoms with Gasteiger partial charge in [0.2, 0.25) is 0 Å². The van der Waals surface area contributed by atoms with Gasteiger partial charge < -0.3 is 10.6 Å². The van der Waals surface area contributed by atoms with Crippen LogP contribution in [-0.4, -0.2) is 26.4 Å². The van der Waals surface area contributed by atoms with E-state index < -0.39 is 0 Å². The van der Waals surface area contributed by atoms with Crippen LogP contribution in [0.3, 0.4) is 0 Å². The number of thioether (sulfide) groups is 1. The van der Waals surface area contributed by atoms with Crippen LogP contribution in [-0.2, 0) is 0 Å². The second-order valence-corrected chi connectivity index (χ2v) is 4.80. The Morgan fingerprint density at radius 1 is 1.33 bits per heavy atom. The highest BCUT2D eigenvalue weighted by Crippen LogP contribution is 2.20. The second-order valence-electron chi connectivity index (χ2n) is 3.92. The lowest BCUT2D eigenvalue weighted by Crippen LogP contribution is -2.28. The van der Waals surface area contributed by atoms with E-state index in [0.29, 0.717) is 5.92 Å². The summed E-state index contributed by atoms with van der Waals surface area (Å²) in [4.78, 5) is 3.56. The maximum absolute atomic E-state index is 5.61. The molecule has 0 aromatic heterocycles. The van der Waals surface area contributed by atoms with Crippen LogP contribution in [0.1, 0.15) is 6.92 Å². The summed E-state index contributed by atoms with van der Waals surface area (Å²) in [7, 11) is 2.11. The van der Waals surface area contributed by atoms with Gasteiger partial charge in [0.15, 0.2) is 0 Å². The van der Waals surface area contributed by atoms with Crippen LogP contribution in [0.5, 0.6) is 0 Å². The van der Waals surface area contributed by atoms with Crippen LogP contribution in [0.2, 0.25) is 0 Å². The van der Waals surface area contributed by atoms with Gasteiger partial charge in [-0.15, -0.1) is 11.8 Å². The molecule has 3 heteroatoms. The Bertz CT molecular complexity index is 284. The number of hydrogen-bond acceptors (Lipinski definition) is 3. The van der Waals surface area contributed by atoms with Gasteiger partial charge in [-0.05, 0) is 43.0 Å². The zero-order valence-electron chi connectivity index (χ0n) is 9.73. The van der Waals surface area contributed by atoms with Gasteiger partial charge in [-0.25, -0.2) is 0 Å². The Labute approximate surface area is 96.8 Å². The van der Waals surface area contributed by atoms with Gasteiger partial charge in [-0.2, -0.15) is 0 Å². The molecule has 0 aliphatic carbocycles. The summed E-state index contributed by atoms with van der Waals surface area (Å²) in [6.07, 6.45) is 2.09. The molecule has 1 unspecified atom stereocenters. The fraction of sp³-hybridized carbons (Fsp3) is 0.500. The number of rotatable bonds is 5. The molecule has 0 bridgehead atoms. The SMILES string of the molecule is CSc1ccc(N(C)CC(C)CN)cc1. The standard InChI is InChI=1S/C12H20N2S/c1-10(8-13)9-14(2)11-4-6-12(15-3)7-5-11/h4-7,10H,8-9,13H2,1-3H3. The second kappa shape index (κ2) is 6.03. The summed E-state index contributed by atoms with van der Waals surface area (Å²) in [6.45, 7) is 3.93. The third-order valence-corrected chi connectivity index (χ3v) is 3.24. The van der Waals surface area contributed by atoms with Crippen molar-refractivity contribution < 1.29 is 0 Å². The molecule has 0 aliphatic rings. The van der Waals surface area contributed by atoms with Crippen LogP contribution in [0.25, 0.3) is 0 Å². The first-order valence-electron chi connectivity index (χ1n) is 5.22. The number of nitrogens with two attached hydrogens (primary N) is 1. The molecule has 0 fully saturated rings. The van der Waals surface area contributed by atoms with Crippen molar-refractivity contribution in [3.05, 3.63) is 24.3 Å². The molecule has 84 valence electrons. The molecule has 0 amide bonds. The first kappa shape index (κ1) is 12.4. The van der Waals surface area contributed by atoms with Gasteiger partial charge in [0.1, 0.15) is 0 Å². The topological polar surface area (TPSA) is 29.3 Å². The first-order valence-corrected chi connectivity index (χ1v) is 6.45. The molecule has 1 aromatic carbocycles. The van der Waals surface area contributed by atoms with E-state index in [1.54, 1.807) is 11.8 Å². The summed E-state index contributed by atoms with van der Waals surface area (Å²) in [5.41, 5.74) is 6.87. The van der Waals surface area contributed by atoms with Gasteiger partial charge in [0, 0.05) is 24.2 Å². The lowest BCUT2D eigenvalue weighted by Gasteiger charge is -2.22. The molecule has 1 rings (SSSR count). The van der Waals surface area contributed by atoms with Crippen LogP contribution in [0.15, 0.2) is 29.2 Å². The maximum atomic E-state index is 5.61. The predicted octanol–water partition coefficient (Wildman–Crippen LogP) is 2.44. The Hall–Kier alpha value is -0.670. The zero-order valence-corrected chi connectivity index (χ0v) is 10.6. The summed E-state index contributed by atoms with van der Waals surface area (Å²) >= 11 is 1.77. The molecule has 0 saturated carbocycles. The lowest BCUT2D eigenvalue weighted by molar-refractivity contribution is 0.590. The summed E-state index contributed by atoms with van der Waals surface area (Å²) in [6, 6.07) is 8.64. The quantitative estimate of drug-likeness (QED) is 0.779. The van der Waals surface area contributed by atoms with Gasteiger partial charge in [-0.1, -0.05) is 6.92 Å². The van der Waals surface area contributed by atoms with Crippen molar-refractivity contribution in [2.75, 3.05) is 31.3 Å². The molecular weight excluding hydrogens is 204 g/mol. The van der Waals surface area contributed by atoms with Crippen LogP contribution < -0.4 is 10.6 Å². The maximum Gasteiger partial charge on any atom is 0.0364 e. The van der Waals surface area contributed by atoms with E-state index >= 15 is 0 Å². The third kappa shape index (κ3) is 3.76. The minimum Gasteiger partial charge on any atom is -0.374 e. The first-order chi connectivity index (χ1) is 7.17. The van der Waals surface area contributed by atoms with Crippen molar-refractivity contribution >= 4 is 17.4 Å². The number of nitrogens with zero attached hydrogens (tertiary/aromatic N) is 1. The van der Waals surface area contributed by atoms with E-state index in [9.17, 15) is 0 Å². The average Bonchev–Trinajstić information content (AvgIpc) is 2.29. The number of anilines is 1. The van der Waals surface area contributed by atoms with Crippen LogP contribution in [0, 0.1) is 5.92 Å². The normalized spacial score (nSPS) is 12.5. The lowest BCUT2D eigenvalue weighted by atomic mass is 10.1. The average molecular weight is 224 g/mol. The molecule has 2 nitrogen and oxygen atoms in total. The number of benzene rings is 1. The van der Waals surface area contributed by atoms with Crippen LogP contribution in [0.4, 0.5) is 5.69 Å². The molecule has 2 N–H and O–H groups in total. The molecule has 0 aliphatic heterocycles. The Morgan fingerprint density at radius 2 is 1.93 bits per heavy atom. The van der Waals surface area contributed by atoms with E-state index in [-0.39, 0.29) is 0 Å². The molecule has 0 heterocycles. The third-order valence-electron chi connectivity index (χ3n) is 2.50. The van der Waals surface area contributed by atoms with Gasteiger partial charge >= 0.3 is 0 Å². The van der Waals surface area contributed by atoms with Crippen molar-refractivity contribution in [3.8, 4) is 0 Å². The summed E-state index contributed by atoms with van der Waals surface area (Å²) in [5, 5.41) is 0. The Morgan fingerprint density at radius 3 is 2.40 bits per heavy atom. The van der Waals surface area contributed by atoms with Crippen molar-refractivity contribution in [2.45, 2.75) is 11.8 Å². The van der Waals surface area contributed by atoms with Crippen molar-refractivity contribution in [1.29, 1.82) is 0 Å². The Kier molecular flexibility index (Phi) is 4.99. The van der Waals surface area contributed by atoms with Gasteiger partial charge in [0.25, 0.3) is 0 Å². The van der Waals surface area contributed by atoms with Crippen LogP contribution >= 0.6 is 11.8 Å². The highest BCUT2D eigenvalue weighted by atomic mass is 32.2. The van der Waals surface area contributed by atoms with Crippen molar-refractivity contribution in [2.24, 2.45) is 11.7 Å². The van der Waals surface area contributed by atoms with Crippen molar-refractivity contribution in [1.82, 2.24) is 0 Å². The van der Waals surface area contributed by atoms with E-state index in [1.807, 2.05) is 0 Å². The molecule has 0 radical (unpaired) electrons. The summed E-state index contributed by atoms with van der Waals surface area (Å²) in [5.74, 6) is 0.537. The van der Waals surface area contributed by atoms with E-state index in [4.69, 9.17) is 5.73 Å². The molecule has 1 aromatic rings. The fourth-order valence-corrected chi connectivity index (χ4v) is 1.89. The van der Waals surface area contributed by atoms with E-state index in [1.165, 1.54) is 10.6 Å². The molecule has 0 saturated heterocycles. The minimum absolute atomic E-state index is 0.537. The van der Waals surface area contributed by atoms with E-state index in [2.05, 4.69) is 49.4 Å². The smallest absolute Gasteiger partial charge is 0.0364 e. The number of hydrogen-bond donors (Lipinski definition) is 1. The molecule has 1 atom stereocenters. The minimum atomic E-state index is 0.537. The highest BCUT2D eigenvalue weighted by molar-refractivity contribution is 7.98. The Balaban J connectivity index is 2.61. The predicted molar refractivity (Wildman–Crippen MR) is 69.7 cm³/mol. The zero-order chi connectivity index (χ0) is 11.3.